The maximum Gasteiger partial charge on any atom is 0.325 e. The maximum atomic E-state index is 12.4. The molecule has 0 saturated carbocycles. The molecule has 2 aromatic carbocycles. The van der Waals surface area contributed by atoms with Gasteiger partial charge in [0.25, 0.3) is 0 Å². The fourth-order valence-electron chi connectivity index (χ4n) is 3.68. The third-order valence-electron chi connectivity index (χ3n) is 5.44. The molecule has 0 saturated heterocycles. The Bertz CT molecular complexity index is 1140. The quantitative estimate of drug-likeness (QED) is 0.339. The van der Waals surface area contributed by atoms with Crippen LogP contribution < -0.4 is 5.43 Å². The Balaban J connectivity index is 1.72. The summed E-state index contributed by atoms with van der Waals surface area (Å²) < 4.78 is 7.01. The van der Waals surface area contributed by atoms with Gasteiger partial charge in [-0.1, -0.05) is 63.2 Å². The highest BCUT2D eigenvalue weighted by atomic mass is 16.5. The summed E-state index contributed by atoms with van der Waals surface area (Å²) >= 11 is 0. The second-order valence-corrected chi connectivity index (χ2v) is 8.82. The lowest BCUT2D eigenvalue weighted by molar-refractivity contribution is -0.143. The number of nitrogens with zero attached hydrogens (tertiary/aromatic N) is 2. The van der Waals surface area contributed by atoms with Crippen LogP contribution in [-0.4, -0.2) is 29.3 Å². The third kappa shape index (κ3) is 5.44. The molecule has 1 amide bonds. The molecule has 6 nitrogen and oxygen atoms in total. The molecule has 0 aliphatic heterocycles. The van der Waals surface area contributed by atoms with Gasteiger partial charge < -0.3 is 9.30 Å². The summed E-state index contributed by atoms with van der Waals surface area (Å²) in [5, 5.41) is 5.14. The third-order valence-corrected chi connectivity index (χ3v) is 5.44. The summed E-state index contributed by atoms with van der Waals surface area (Å²) in [5.74, 6) is -0.469. The number of hydrazone groups is 1. The van der Waals surface area contributed by atoms with Crippen LogP contribution in [0.15, 0.2) is 53.6 Å². The Kier molecular flexibility index (Phi) is 7.13. The number of hydrogen-bond acceptors (Lipinski definition) is 4. The van der Waals surface area contributed by atoms with Crippen LogP contribution in [0.1, 0.15) is 50.1 Å². The molecule has 0 radical (unpaired) electrons. The highest BCUT2D eigenvalue weighted by molar-refractivity contribution is 6.01. The van der Waals surface area contributed by atoms with Crippen LogP contribution in [0.4, 0.5) is 0 Å². The van der Waals surface area contributed by atoms with E-state index < -0.39 is 0 Å². The van der Waals surface area contributed by atoms with Crippen molar-refractivity contribution in [3.8, 4) is 0 Å². The second kappa shape index (κ2) is 9.81. The number of rotatable bonds is 7. The number of carbonyl (C=O) groups excluding carboxylic acids is 2. The van der Waals surface area contributed by atoms with Crippen molar-refractivity contribution in [3.63, 3.8) is 0 Å². The van der Waals surface area contributed by atoms with Crippen molar-refractivity contribution in [2.24, 2.45) is 5.10 Å². The number of para-hydroxylation sites is 1. The Morgan fingerprint density at radius 2 is 1.78 bits per heavy atom. The number of esters is 1. The van der Waals surface area contributed by atoms with Gasteiger partial charge in [0.2, 0.25) is 5.91 Å². The molecule has 0 aliphatic rings. The number of fused-ring (bicyclic) bond motifs is 1. The van der Waals surface area contributed by atoms with E-state index in [1.165, 1.54) is 5.56 Å². The molecule has 1 heterocycles. The molecule has 1 N–H and O–H groups in total. The molecule has 0 fully saturated rings. The van der Waals surface area contributed by atoms with Crippen LogP contribution in [0.2, 0.25) is 0 Å². The van der Waals surface area contributed by atoms with E-state index in [0.717, 1.165) is 27.7 Å². The molecule has 32 heavy (non-hydrogen) atoms. The number of carbonyl (C=O) groups is 2. The van der Waals surface area contributed by atoms with Gasteiger partial charge in [0, 0.05) is 22.2 Å². The van der Waals surface area contributed by atoms with Crippen molar-refractivity contribution >= 4 is 29.0 Å². The predicted molar refractivity (Wildman–Crippen MR) is 128 cm³/mol. The number of ether oxygens (including phenoxy) is 1. The lowest BCUT2D eigenvalue weighted by Crippen LogP contribution is -2.20. The molecular formula is C26H31N3O3. The Morgan fingerprint density at radius 3 is 2.44 bits per heavy atom. The minimum atomic E-state index is -0.286. The van der Waals surface area contributed by atoms with Crippen molar-refractivity contribution in [1.82, 2.24) is 9.99 Å². The van der Waals surface area contributed by atoms with E-state index in [1.807, 2.05) is 47.9 Å². The van der Waals surface area contributed by atoms with Crippen LogP contribution >= 0.6 is 0 Å². The van der Waals surface area contributed by atoms with Crippen LogP contribution in [-0.2, 0) is 32.7 Å². The summed E-state index contributed by atoms with van der Waals surface area (Å²) in [5.41, 5.74) is 7.53. The summed E-state index contributed by atoms with van der Waals surface area (Å²) in [6, 6.07) is 15.9. The van der Waals surface area contributed by atoms with E-state index in [-0.39, 0.29) is 30.3 Å². The zero-order valence-electron chi connectivity index (χ0n) is 19.4. The van der Waals surface area contributed by atoms with E-state index in [9.17, 15) is 9.59 Å². The highest BCUT2D eigenvalue weighted by Gasteiger charge is 2.16. The molecule has 1 aromatic heterocycles. The average molecular weight is 434 g/mol. The van der Waals surface area contributed by atoms with Crippen LogP contribution in [0.3, 0.4) is 0 Å². The van der Waals surface area contributed by atoms with Crippen LogP contribution in [0, 0.1) is 6.92 Å². The fraction of sp³-hybridized carbons (Fsp3) is 0.346. The molecule has 0 bridgehead atoms. The lowest BCUT2D eigenvalue weighted by Gasteiger charge is -2.19. The van der Waals surface area contributed by atoms with Crippen molar-refractivity contribution in [2.45, 2.75) is 53.0 Å². The van der Waals surface area contributed by atoms with E-state index >= 15 is 0 Å². The molecular weight excluding hydrogens is 402 g/mol. The summed E-state index contributed by atoms with van der Waals surface area (Å²) in [7, 11) is 0. The average Bonchev–Trinajstić information content (AvgIpc) is 2.99. The second-order valence-electron chi connectivity index (χ2n) is 8.82. The minimum absolute atomic E-state index is 0.0788. The maximum absolute atomic E-state index is 12.4. The number of amides is 1. The first-order valence-corrected chi connectivity index (χ1v) is 10.9. The SMILES string of the molecule is CCOC(=O)Cn1c(C)c(/C=N\NC(=O)Cc2ccc(C(C)(C)C)cc2)c2ccccc21. The van der Waals surface area contributed by atoms with Gasteiger partial charge in [0.1, 0.15) is 6.54 Å². The molecule has 0 unspecified atom stereocenters. The monoisotopic (exact) mass is 433 g/mol. The van der Waals surface area contributed by atoms with Gasteiger partial charge in [-0.3, -0.25) is 9.59 Å². The summed E-state index contributed by atoms with van der Waals surface area (Å²) in [6.07, 6.45) is 1.89. The van der Waals surface area contributed by atoms with Gasteiger partial charge in [-0.15, -0.1) is 0 Å². The predicted octanol–water partition coefficient (Wildman–Crippen LogP) is 4.50. The van der Waals surface area contributed by atoms with E-state index in [2.05, 4.69) is 43.4 Å². The molecule has 6 heteroatoms. The summed E-state index contributed by atoms with van der Waals surface area (Å²) in [4.78, 5) is 24.4. The van der Waals surface area contributed by atoms with E-state index in [0.29, 0.717) is 6.61 Å². The van der Waals surface area contributed by atoms with Gasteiger partial charge in [0.05, 0.1) is 19.2 Å². The summed E-state index contributed by atoms with van der Waals surface area (Å²) in [6.45, 7) is 10.7. The normalized spacial score (nSPS) is 11.8. The molecule has 3 rings (SSSR count). The number of hydrogen-bond donors (Lipinski definition) is 1. The van der Waals surface area contributed by atoms with Gasteiger partial charge in [0.15, 0.2) is 0 Å². The highest BCUT2D eigenvalue weighted by Crippen LogP contribution is 2.25. The first-order valence-electron chi connectivity index (χ1n) is 10.9. The number of nitrogens with one attached hydrogen (secondary N) is 1. The standard InChI is InChI=1S/C26H31N3O3/c1-6-32-25(31)17-29-18(2)22(21-9-7-8-10-23(21)29)16-27-28-24(30)15-19-11-13-20(14-12-19)26(3,4)5/h7-14,16H,6,15,17H2,1-5H3,(H,28,30)/b27-16-. The number of aromatic nitrogens is 1. The lowest BCUT2D eigenvalue weighted by atomic mass is 9.86. The fourth-order valence-corrected chi connectivity index (χ4v) is 3.68. The molecule has 3 aromatic rings. The minimum Gasteiger partial charge on any atom is -0.465 e. The molecule has 0 spiro atoms. The largest absolute Gasteiger partial charge is 0.465 e. The van der Waals surface area contributed by atoms with Gasteiger partial charge in [-0.2, -0.15) is 5.10 Å². The van der Waals surface area contributed by atoms with Gasteiger partial charge in [-0.25, -0.2) is 5.43 Å². The van der Waals surface area contributed by atoms with E-state index in [1.54, 1.807) is 13.1 Å². The van der Waals surface area contributed by atoms with Gasteiger partial charge >= 0.3 is 5.97 Å². The Morgan fingerprint density at radius 1 is 1.09 bits per heavy atom. The number of benzene rings is 2. The smallest absolute Gasteiger partial charge is 0.325 e. The first-order chi connectivity index (χ1) is 15.2. The van der Waals surface area contributed by atoms with Crippen molar-refractivity contribution < 1.29 is 14.3 Å². The zero-order chi connectivity index (χ0) is 23.3. The van der Waals surface area contributed by atoms with Crippen LogP contribution in [0.25, 0.3) is 10.9 Å². The van der Waals surface area contributed by atoms with E-state index in [4.69, 9.17) is 4.74 Å². The molecule has 168 valence electrons. The topological polar surface area (TPSA) is 72.7 Å². The Hall–Kier alpha value is -3.41. The molecule has 0 aliphatic carbocycles. The molecule has 0 atom stereocenters. The van der Waals surface area contributed by atoms with Crippen molar-refractivity contribution in [1.29, 1.82) is 0 Å². The van der Waals surface area contributed by atoms with Crippen molar-refractivity contribution in [3.05, 3.63) is 70.9 Å². The Labute approximate surface area is 189 Å². The first kappa shape index (κ1) is 23.3. The van der Waals surface area contributed by atoms with Crippen LogP contribution in [0.5, 0.6) is 0 Å². The van der Waals surface area contributed by atoms with Gasteiger partial charge in [-0.05, 0) is 36.5 Å². The van der Waals surface area contributed by atoms with Crippen molar-refractivity contribution in [2.75, 3.05) is 6.61 Å². The zero-order valence-corrected chi connectivity index (χ0v) is 19.4.